The maximum Gasteiger partial charge on any atom is 0.320 e. The van der Waals surface area contributed by atoms with Crippen molar-refractivity contribution in [2.24, 2.45) is 5.92 Å². The molecule has 6 nitrogen and oxygen atoms in total. The van der Waals surface area contributed by atoms with E-state index in [0.717, 1.165) is 4.47 Å². The molecule has 0 unspecified atom stereocenters. The van der Waals surface area contributed by atoms with Gasteiger partial charge in [0.15, 0.2) is 0 Å². The molecule has 0 spiro atoms. The summed E-state index contributed by atoms with van der Waals surface area (Å²) < 4.78 is 0.838. The van der Waals surface area contributed by atoms with Crippen LogP contribution in [0.5, 0.6) is 0 Å². The van der Waals surface area contributed by atoms with Crippen LogP contribution in [0.15, 0.2) is 22.8 Å². The average Bonchev–Trinajstić information content (AvgIpc) is 2.39. The molecule has 1 heterocycles. The van der Waals surface area contributed by atoms with E-state index in [2.05, 4.69) is 31.5 Å². The number of urea groups is 1. The lowest BCUT2D eigenvalue weighted by Gasteiger charge is -2.26. The first-order valence-corrected chi connectivity index (χ1v) is 7.26. The maximum atomic E-state index is 11.8. The van der Waals surface area contributed by atoms with Crippen LogP contribution in [0.1, 0.15) is 25.7 Å². The monoisotopic (exact) mass is 341 g/mol. The molecule has 3 N–H and O–H groups in total. The van der Waals surface area contributed by atoms with E-state index in [1.54, 1.807) is 18.3 Å². The SMILES string of the molecule is O=C(Nc1cc(Br)ccn1)NC1CCC(C(=O)O)CC1. The first-order valence-electron chi connectivity index (χ1n) is 6.46. The molecule has 0 aromatic carbocycles. The van der Waals surface area contributed by atoms with Crippen LogP contribution in [0, 0.1) is 5.92 Å². The van der Waals surface area contributed by atoms with Crippen molar-refractivity contribution in [2.75, 3.05) is 5.32 Å². The molecule has 1 fully saturated rings. The smallest absolute Gasteiger partial charge is 0.320 e. The number of aliphatic carboxylic acids is 1. The van der Waals surface area contributed by atoms with Crippen molar-refractivity contribution in [3.63, 3.8) is 0 Å². The first kappa shape index (κ1) is 14.8. The van der Waals surface area contributed by atoms with Crippen LogP contribution < -0.4 is 10.6 Å². The Balaban J connectivity index is 1.80. The third-order valence-corrected chi connectivity index (χ3v) is 3.87. The number of nitrogens with zero attached hydrogens (tertiary/aromatic N) is 1. The highest BCUT2D eigenvalue weighted by molar-refractivity contribution is 9.10. The Morgan fingerprint density at radius 2 is 2.00 bits per heavy atom. The van der Waals surface area contributed by atoms with E-state index in [1.165, 1.54) is 0 Å². The number of rotatable bonds is 3. The summed E-state index contributed by atoms with van der Waals surface area (Å²) in [4.78, 5) is 26.7. The van der Waals surface area contributed by atoms with E-state index in [9.17, 15) is 9.59 Å². The van der Waals surface area contributed by atoms with Crippen molar-refractivity contribution in [2.45, 2.75) is 31.7 Å². The standard InChI is InChI=1S/C13H16BrN3O3/c14-9-5-6-15-11(7-9)17-13(20)16-10-3-1-8(2-4-10)12(18)19/h5-8,10H,1-4H2,(H,18,19)(H2,15,16,17,20). The zero-order valence-corrected chi connectivity index (χ0v) is 12.4. The molecule has 1 aromatic rings. The molecule has 0 atom stereocenters. The molecule has 1 aliphatic carbocycles. The second kappa shape index (κ2) is 6.69. The topological polar surface area (TPSA) is 91.3 Å². The normalized spacial score (nSPS) is 22.1. The van der Waals surface area contributed by atoms with Crippen LogP contribution in [0.2, 0.25) is 0 Å². The molecule has 2 rings (SSSR count). The molecular weight excluding hydrogens is 326 g/mol. The fourth-order valence-electron chi connectivity index (χ4n) is 2.30. The van der Waals surface area contributed by atoms with Crippen molar-refractivity contribution in [1.82, 2.24) is 10.3 Å². The van der Waals surface area contributed by atoms with Crippen molar-refractivity contribution in [3.8, 4) is 0 Å². The number of pyridine rings is 1. The third-order valence-electron chi connectivity index (χ3n) is 3.38. The molecule has 0 aliphatic heterocycles. The van der Waals surface area contributed by atoms with Gasteiger partial charge in [-0.2, -0.15) is 0 Å². The highest BCUT2D eigenvalue weighted by atomic mass is 79.9. The number of carboxylic acid groups (broad SMARTS) is 1. The molecular formula is C13H16BrN3O3. The second-order valence-corrected chi connectivity index (χ2v) is 5.76. The number of carbonyl (C=O) groups excluding carboxylic acids is 1. The minimum atomic E-state index is -0.744. The number of hydrogen-bond acceptors (Lipinski definition) is 3. The number of carbonyl (C=O) groups is 2. The highest BCUT2D eigenvalue weighted by Gasteiger charge is 2.26. The van der Waals surface area contributed by atoms with Crippen LogP contribution in [0.4, 0.5) is 10.6 Å². The summed E-state index contributed by atoms with van der Waals surface area (Å²) >= 11 is 3.30. The molecule has 0 saturated heterocycles. The highest BCUT2D eigenvalue weighted by Crippen LogP contribution is 2.24. The van der Waals surface area contributed by atoms with Crippen molar-refractivity contribution < 1.29 is 14.7 Å². The summed E-state index contributed by atoms with van der Waals surface area (Å²) in [5.74, 6) is -0.551. The fraction of sp³-hybridized carbons (Fsp3) is 0.462. The molecule has 2 amide bonds. The van der Waals surface area contributed by atoms with Gasteiger partial charge in [0.2, 0.25) is 0 Å². The van der Waals surface area contributed by atoms with E-state index < -0.39 is 5.97 Å². The van der Waals surface area contributed by atoms with Gasteiger partial charge in [0.05, 0.1) is 5.92 Å². The lowest BCUT2D eigenvalue weighted by Crippen LogP contribution is -2.41. The van der Waals surface area contributed by atoms with Crippen LogP contribution in [0.25, 0.3) is 0 Å². The minimum Gasteiger partial charge on any atom is -0.481 e. The van der Waals surface area contributed by atoms with Gasteiger partial charge in [-0.1, -0.05) is 15.9 Å². The summed E-state index contributed by atoms with van der Waals surface area (Å²) in [6, 6.07) is 3.20. The molecule has 20 heavy (non-hydrogen) atoms. The Bertz CT molecular complexity index is 501. The molecule has 1 aliphatic rings. The Kier molecular flexibility index (Phi) is 4.94. The summed E-state index contributed by atoms with van der Waals surface area (Å²) in [5, 5.41) is 14.4. The summed E-state index contributed by atoms with van der Waals surface area (Å²) in [5.41, 5.74) is 0. The lowest BCUT2D eigenvalue weighted by molar-refractivity contribution is -0.142. The van der Waals surface area contributed by atoms with Crippen LogP contribution >= 0.6 is 15.9 Å². The van der Waals surface area contributed by atoms with Crippen molar-refractivity contribution >= 4 is 33.7 Å². The van der Waals surface area contributed by atoms with Gasteiger partial charge in [-0.3, -0.25) is 10.1 Å². The number of carboxylic acids is 1. The lowest BCUT2D eigenvalue weighted by atomic mass is 9.86. The van der Waals surface area contributed by atoms with E-state index in [1.807, 2.05) is 0 Å². The quantitative estimate of drug-likeness (QED) is 0.787. The maximum absolute atomic E-state index is 11.8. The number of halogens is 1. The number of nitrogens with one attached hydrogen (secondary N) is 2. The number of amides is 2. The Morgan fingerprint density at radius 1 is 1.30 bits per heavy atom. The third kappa shape index (κ3) is 4.19. The molecule has 1 aromatic heterocycles. The molecule has 108 valence electrons. The summed E-state index contributed by atoms with van der Waals surface area (Å²) in [6.45, 7) is 0. The predicted octanol–water partition coefficient (Wildman–Crippen LogP) is 2.61. The van der Waals surface area contributed by atoms with E-state index in [-0.39, 0.29) is 18.0 Å². The Labute approximate surface area is 125 Å². The zero-order chi connectivity index (χ0) is 14.5. The van der Waals surface area contributed by atoms with Gasteiger partial charge in [0.25, 0.3) is 0 Å². The van der Waals surface area contributed by atoms with Crippen molar-refractivity contribution in [3.05, 3.63) is 22.8 Å². The van der Waals surface area contributed by atoms with Gasteiger partial charge in [0.1, 0.15) is 5.82 Å². The van der Waals surface area contributed by atoms with E-state index in [0.29, 0.717) is 31.5 Å². The van der Waals surface area contributed by atoms with Gasteiger partial charge in [-0.25, -0.2) is 9.78 Å². The molecule has 1 saturated carbocycles. The number of anilines is 1. The van der Waals surface area contributed by atoms with Gasteiger partial charge in [-0.05, 0) is 37.8 Å². The fourth-order valence-corrected chi connectivity index (χ4v) is 2.63. The first-order chi connectivity index (χ1) is 9.54. The van der Waals surface area contributed by atoms with Gasteiger partial charge >= 0.3 is 12.0 Å². The van der Waals surface area contributed by atoms with Gasteiger partial charge < -0.3 is 10.4 Å². The molecule has 7 heteroatoms. The predicted molar refractivity (Wildman–Crippen MR) is 77.5 cm³/mol. The van der Waals surface area contributed by atoms with Gasteiger partial charge in [-0.15, -0.1) is 0 Å². The minimum absolute atomic E-state index is 0.0257. The van der Waals surface area contributed by atoms with E-state index >= 15 is 0 Å². The summed E-state index contributed by atoms with van der Waals surface area (Å²) in [7, 11) is 0. The number of hydrogen-bond donors (Lipinski definition) is 3. The Hall–Kier alpha value is -1.63. The van der Waals surface area contributed by atoms with Crippen molar-refractivity contribution in [1.29, 1.82) is 0 Å². The van der Waals surface area contributed by atoms with Crippen LogP contribution in [-0.4, -0.2) is 28.1 Å². The van der Waals surface area contributed by atoms with Crippen LogP contribution in [0.3, 0.4) is 0 Å². The average molecular weight is 342 g/mol. The Morgan fingerprint density at radius 3 is 2.60 bits per heavy atom. The second-order valence-electron chi connectivity index (χ2n) is 4.84. The largest absolute Gasteiger partial charge is 0.481 e. The molecule has 0 bridgehead atoms. The van der Waals surface area contributed by atoms with Gasteiger partial charge in [0, 0.05) is 16.7 Å². The summed E-state index contributed by atoms with van der Waals surface area (Å²) in [6.07, 6.45) is 4.19. The molecule has 0 radical (unpaired) electrons. The van der Waals surface area contributed by atoms with E-state index in [4.69, 9.17) is 5.11 Å². The zero-order valence-electron chi connectivity index (χ0n) is 10.8. The number of aromatic nitrogens is 1. The van der Waals surface area contributed by atoms with Crippen LogP contribution in [-0.2, 0) is 4.79 Å².